The molecule has 1 aromatic carbocycles. The van der Waals surface area contributed by atoms with Crippen LogP contribution in [-0.2, 0) is 10.0 Å². The number of hydrogen-bond acceptors (Lipinski definition) is 3. The lowest BCUT2D eigenvalue weighted by molar-refractivity contribution is 0.302. The fourth-order valence-electron chi connectivity index (χ4n) is 2.73. The van der Waals surface area contributed by atoms with Gasteiger partial charge in [0, 0.05) is 19.6 Å². The van der Waals surface area contributed by atoms with E-state index in [4.69, 9.17) is 0 Å². The molecule has 4 nitrogen and oxygen atoms in total. The summed E-state index contributed by atoms with van der Waals surface area (Å²) in [5, 5.41) is 0. The van der Waals surface area contributed by atoms with Crippen molar-refractivity contribution in [2.75, 3.05) is 32.7 Å². The molecule has 1 heterocycles. The SMILES string of the molecule is CCN1CCCN(S(=O)(=O)c2ccc(C)cc2C)CC1. The van der Waals surface area contributed by atoms with Gasteiger partial charge in [-0.15, -0.1) is 0 Å². The summed E-state index contributed by atoms with van der Waals surface area (Å²) in [6, 6.07) is 5.54. The third-order valence-corrected chi connectivity index (χ3v) is 6.00. The first kappa shape index (κ1) is 15.5. The largest absolute Gasteiger partial charge is 0.302 e. The maximum absolute atomic E-state index is 12.8. The van der Waals surface area contributed by atoms with E-state index in [1.165, 1.54) is 0 Å². The van der Waals surface area contributed by atoms with E-state index in [9.17, 15) is 8.42 Å². The van der Waals surface area contributed by atoms with Crippen LogP contribution >= 0.6 is 0 Å². The van der Waals surface area contributed by atoms with Crippen LogP contribution in [0.25, 0.3) is 0 Å². The number of rotatable bonds is 3. The van der Waals surface area contributed by atoms with Crippen molar-refractivity contribution >= 4 is 10.0 Å². The number of benzene rings is 1. The summed E-state index contributed by atoms with van der Waals surface area (Å²) in [4.78, 5) is 2.75. The lowest BCUT2D eigenvalue weighted by atomic mass is 10.2. The summed E-state index contributed by atoms with van der Waals surface area (Å²) in [5.41, 5.74) is 1.93. The fourth-order valence-corrected chi connectivity index (χ4v) is 4.41. The molecule has 1 aliphatic heterocycles. The van der Waals surface area contributed by atoms with Crippen LogP contribution in [0.3, 0.4) is 0 Å². The molecule has 0 aromatic heterocycles. The minimum absolute atomic E-state index is 0.452. The van der Waals surface area contributed by atoms with Crippen LogP contribution in [0, 0.1) is 13.8 Å². The van der Waals surface area contributed by atoms with E-state index >= 15 is 0 Å². The Balaban J connectivity index is 2.25. The smallest absolute Gasteiger partial charge is 0.243 e. The van der Waals surface area contributed by atoms with Gasteiger partial charge in [-0.25, -0.2) is 8.42 Å². The Kier molecular flexibility index (Phi) is 4.83. The molecule has 0 saturated carbocycles. The van der Waals surface area contributed by atoms with Crippen molar-refractivity contribution in [2.45, 2.75) is 32.1 Å². The monoisotopic (exact) mass is 296 g/mol. The van der Waals surface area contributed by atoms with E-state index < -0.39 is 10.0 Å². The number of hydrogen-bond donors (Lipinski definition) is 0. The van der Waals surface area contributed by atoms with Gasteiger partial charge in [0.25, 0.3) is 0 Å². The Morgan fingerprint density at radius 2 is 1.85 bits per heavy atom. The second-order valence-corrected chi connectivity index (χ2v) is 7.37. The van der Waals surface area contributed by atoms with Gasteiger partial charge in [-0.05, 0) is 45.0 Å². The van der Waals surface area contributed by atoms with Crippen LogP contribution in [0.15, 0.2) is 23.1 Å². The number of nitrogens with zero attached hydrogens (tertiary/aromatic N) is 2. The highest BCUT2D eigenvalue weighted by Gasteiger charge is 2.27. The topological polar surface area (TPSA) is 40.6 Å². The molecule has 20 heavy (non-hydrogen) atoms. The Morgan fingerprint density at radius 1 is 1.10 bits per heavy atom. The zero-order chi connectivity index (χ0) is 14.8. The molecule has 1 aliphatic rings. The van der Waals surface area contributed by atoms with Crippen molar-refractivity contribution in [1.29, 1.82) is 0 Å². The molecule has 112 valence electrons. The Morgan fingerprint density at radius 3 is 2.50 bits per heavy atom. The lowest BCUT2D eigenvalue weighted by Gasteiger charge is -2.22. The van der Waals surface area contributed by atoms with Crippen molar-refractivity contribution in [2.24, 2.45) is 0 Å². The summed E-state index contributed by atoms with van der Waals surface area (Å²) >= 11 is 0. The first-order chi connectivity index (χ1) is 9.45. The molecule has 0 radical (unpaired) electrons. The van der Waals surface area contributed by atoms with Gasteiger partial charge in [0.05, 0.1) is 4.90 Å². The summed E-state index contributed by atoms with van der Waals surface area (Å²) in [6.07, 6.45) is 0.901. The molecule has 0 N–H and O–H groups in total. The van der Waals surface area contributed by atoms with Crippen molar-refractivity contribution in [1.82, 2.24) is 9.21 Å². The first-order valence-electron chi connectivity index (χ1n) is 7.25. The molecule has 1 aromatic rings. The fraction of sp³-hybridized carbons (Fsp3) is 0.600. The second kappa shape index (κ2) is 6.24. The average molecular weight is 296 g/mol. The summed E-state index contributed by atoms with van der Waals surface area (Å²) in [6.45, 7) is 9.96. The van der Waals surface area contributed by atoms with Crippen molar-refractivity contribution in [3.05, 3.63) is 29.3 Å². The zero-order valence-corrected chi connectivity index (χ0v) is 13.4. The molecule has 0 atom stereocenters. The molecule has 0 amide bonds. The summed E-state index contributed by atoms with van der Waals surface area (Å²) < 4.78 is 27.2. The molecule has 0 unspecified atom stereocenters. The van der Waals surface area contributed by atoms with Crippen LogP contribution in [-0.4, -0.2) is 50.3 Å². The van der Waals surface area contributed by atoms with Gasteiger partial charge in [0.1, 0.15) is 0 Å². The highest BCUT2D eigenvalue weighted by atomic mass is 32.2. The van der Waals surface area contributed by atoms with Crippen LogP contribution in [0.2, 0.25) is 0 Å². The molecule has 1 fully saturated rings. The molecule has 2 rings (SSSR count). The Bertz CT molecular complexity index is 569. The minimum atomic E-state index is -3.36. The van der Waals surface area contributed by atoms with Crippen molar-refractivity contribution < 1.29 is 8.42 Å². The van der Waals surface area contributed by atoms with E-state index in [1.54, 1.807) is 10.4 Å². The molecule has 0 spiro atoms. The van der Waals surface area contributed by atoms with E-state index in [0.717, 1.165) is 37.2 Å². The Hall–Kier alpha value is -0.910. The second-order valence-electron chi connectivity index (χ2n) is 5.46. The molecule has 0 bridgehead atoms. The number of sulfonamides is 1. The third-order valence-electron chi connectivity index (χ3n) is 3.94. The van der Waals surface area contributed by atoms with Gasteiger partial charge in [-0.2, -0.15) is 4.31 Å². The Labute approximate surface area is 122 Å². The molecular weight excluding hydrogens is 272 g/mol. The number of likely N-dealkylation sites (N-methyl/N-ethyl adjacent to an activating group) is 1. The standard InChI is InChI=1S/C15H24N2O2S/c1-4-16-8-5-9-17(11-10-16)20(18,19)15-7-6-13(2)12-14(15)3/h6-7,12H,4-5,8-11H2,1-3H3. The average Bonchev–Trinajstić information content (AvgIpc) is 2.63. The van der Waals surface area contributed by atoms with Crippen LogP contribution in [0.5, 0.6) is 0 Å². The number of aryl methyl sites for hydroxylation is 2. The van der Waals surface area contributed by atoms with Gasteiger partial charge in [-0.1, -0.05) is 24.6 Å². The van der Waals surface area contributed by atoms with Crippen molar-refractivity contribution in [3.63, 3.8) is 0 Å². The molecular formula is C15H24N2O2S. The normalized spacial score (nSPS) is 18.9. The maximum atomic E-state index is 12.8. The summed E-state index contributed by atoms with van der Waals surface area (Å²) in [7, 11) is -3.36. The van der Waals surface area contributed by atoms with E-state index in [2.05, 4.69) is 11.8 Å². The first-order valence-corrected chi connectivity index (χ1v) is 8.69. The van der Waals surface area contributed by atoms with Crippen LogP contribution in [0.1, 0.15) is 24.5 Å². The molecule has 1 saturated heterocycles. The highest BCUT2D eigenvalue weighted by molar-refractivity contribution is 7.89. The van der Waals surface area contributed by atoms with Gasteiger partial charge >= 0.3 is 0 Å². The van der Waals surface area contributed by atoms with E-state index in [1.807, 2.05) is 26.0 Å². The summed E-state index contributed by atoms with van der Waals surface area (Å²) in [5.74, 6) is 0. The van der Waals surface area contributed by atoms with Crippen LogP contribution in [0.4, 0.5) is 0 Å². The van der Waals surface area contributed by atoms with Crippen LogP contribution < -0.4 is 0 Å². The van der Waals surface area contributed by atoms with Crippen molar-refractivity contribution in [3.8, 4) is 0 Å². The quantitative estimate of drug-likeness (QED) is 0.857. The predicted molar refractivity (Wildman–Crippen MR) is 81.4 cm³/mol. The van der Waals surface area contributed by atoms with Gasteiger partial charge in [0.2, 0.25) is 10.0 Å². The highest BCUT2D eigenvalue weighted by Crippen LogP contribution is 2.22. The molecule has 5 heteroatoms. The van der Waals surface area contributed by atoms with Gasteiger partial charge in [-0.3, -0.25) is 0 Å². The minimum Gasteiger partial charge on any atom is -0.302 e. The maximum Gasteiger partial charge on any atom is 0.243 e. The third kappa shape index (κ3) is 3.22. The van der Waals surface area contributed by atoms with E-state index in [0.29, 0.717) is 18.0 Å². The zero-order valence-electron chi connectivity index (χ0n) is 12.6. The van der Waals surface area contributed by atoms with Gasteiger partial charge in [0.15, 0.2) is 0 Å². The van der Waals surface area contributed by atoms with E-state index in [-0.39, 0.29) is 0 Å². The predicted octanol–water partition coefficient (Wildman–Crippen LogP) is 2.02. The van der Waals surface area contributed by atoms with Gasteiger partial charge < -0.3 is 4.90 Å². The lowest BCUT2D eigenvalue weighted by Crippen LogP contribution is -2.35. The molecule has 0 aliphatic carbocycles.